The fourth-order valence-corrected chi connectivity index (χ4v) is 4.07. The minimum absolute atomic E-state index is 0.144. The van der Waals surface area contributed by atoms with Crippen molar-refractivity contribution in [3.63, 3.8) is 0 Å². The third kappa shape index (κ3) is 5.55. The number of anilines is 2. The van der Waals surface area contributed by atoms with Gasteiger partial charge in [-0.15, -0.1) is 0 Å². The number of aromatic nitrogens is 2. The first kappa shape index (κ1) is 21.6. The topological polar surface area (TPSA) is 76.5 Å². The molecule has 0 saturated carbocycles. The summed E-state index contributed by atoms with van der Waals surface area (Å²) in [4.78, 5) is 26.9. The molecule has 4 rings (SSSR count). The molecule has 3 aromatic rings. The number of hydrogen-bond acceptors (Lipinski definition) is 5. The van der Waals surface area contributed by atoms with Crippen LogP contribution < -0.4 is 20.5 Å². The van der Waals surface area contributed by atoms with Gasteiger partial charge in [-0.05, 0) is 48.9 Å². The molecule has 7 nitrogen and oxygen atoms in total. The normalized spacial score (nSPS) is 14.2. The van der Waals surface area contributed by atoms with Crippen LogP contribution in [0.3, 0.4) is 0 Å². The number of carbonyl (C=O) groups excluding carboxylic acids is 1. The van der Waals surface area contributed by atoms with Gasteiger partial charge in [-0.3, -0.25) is 9.59 Å². The van der Waals surface area contributed by atoms with Gasteiger partial charge in [-0.25, -0.2) is 4.68 Å². The number of nitrogens with zero attached hydrogens (tertiary/aromatic N) is 3. The highest BCUT2D eigenvalue weighted by molar-refractivity contribution is 5.90. The van der Waals surface area contributed by atoms with Crippen LogP contribution in [0.4, 0.5) is 11.5 Å². The van der Waals surface area contributed by atoms with Gasteiger partial charge in [0.2, 0.25) is 5.91 Å². The van der Waals surface area contributed by atoms with Crippen molar-refractivity contribution >= 4 is 17.4 Å². The van der Waals surface area contributed by atoms with Gasteiger partial charge >= 0.3 is 0 Å². The van der Waals surface area contributed by atoms with E-state index in [4.69, 9.17) is 4.74 Å². The first-order valence-electron chi connectivity index (χ1n) is 10.9. The molecule has 0 bridgehead atoms. The Hall–Kier alpha value is -3.61. The zero-order chi connectivity index (χ0) is 22.3. The van der Waals surface area contributed by atoms with Gasteiger partial charge in [0.1, 0.15) is 18.1 Å². The zero-order valence-corrected chi connectivity index (χ0v) is 18.2. The Morgan fingerprint density at radius 2 is 1.84 bits per heavy atom. The number of benzene rings is 2. The number of hydrogen-bond donors (Lipinski definition) is 1. The van der Waals surface area contributed by atoms with E-state index in [2.05, 4.69) is 39.6 Å². The van der Waals surface area contributed by atoms with Crippen LogP contribution in [0.15, 0.2) is 71.5 Å². The van der Waals surface area contributed by atoms with Crippen LogP contribution in [0, 0.1) is 5.92 Å². The Balaban J connectivity index is 1.36. The number of amides is 1. The maximum absolute atomic E-state index is 12.5. The Bertz CT molecular complexity index is 1110. The van der Waals surface area contributed by atoms with E-state index in [9.17, 15) is 9.59 Å². The van der Waals surface area contributed by atoms with E-state index in [-0.39, 0.29) is 18.0 Å². The molecule has 0 spiro atoms. The van der Waals surface area contributed by atoms with Crippen LogP contribution in [-0.2, 0) is 17.8 Å². The van der Waals surface area contributed by atoms with Crippen molar-refractivity contribution in [2.24, 2.45) is 5.92 Å². The van der Waals surface area contributed by atoms with E-state index in [0.29, 0.717) is 17.4 Å². The number of ether oxygens (including phenoxy) is 1. The molecule has 2 aromatic carbocycles. The van der Waals surface area contributed by atoms with Gasteiger partial charge < -0.3 is 15.0 Å². The third-order valence-corrected chi connectivity index (χ3v) is 5.81. The molecule has 0 radical (unpaired) electrons. The van der Waals surface area contributed by atoms with Gasteiger partial charge in [0.15, 0.2) is 0 Å². The lowest BCUT2D eigenvalue weighted by Gasteiger charge is -2.33. The molecule has 1 aliphatic rings. The molecule has 1 saturated heterocycles. The molecule has 0 aliphatic carbocycles. The molecule has 166 valence electrons. The zero-order valence-electron chi connectivity index (χ0n) is 18.2. The summed E-state index contributed by atoms with van der Waals surface area (Å²) in [7, 11) is 1.57. The van der Waals surface area contributed by atoms with Crippen LogP contribution in [0.2, 0.25) is 0 Å². The molecule has 0 unspecified atom stereocenters. The predicted octanol–water partition coefficient (Wildman–Crippen LogP) is 3.35. The fraction of sp³-hybridized carbons (Fsp3) is 0.320. The van der Waals surface area contributed by atoms with Gasteiger partial charge in [-0.2, -0.15) is 5.10 Å². The van der Waals surface area contributed by atoms with Crippen molar-refractivity contribution in [1.29, 1.82) is 0 Å². The van der Waals surface area contributed by atoms with E-state index in [1.807, 2.05) is 6.07 Å². The van der Waals surface area contributed by atoms with Crippen molar-refractivity contribution < 1.29 is 9.53 Å². The van der Waals surface area contributed by atoms with Crippen molar-refractivity contribution in [3.05, 3.63) is 82.6 Å². The smallest absolute Gasteiger partial charge is 0.267 e. The first-order chi connectivity index (χ1) is 15.6. The van der Waals surface area contributed by atoms with Crippen LogP contribution in [0.1, 0.15) is 18.4 Å². The van der Waals surface area contributed by atoms with Gasteiger partial charge in [0.05, 0.1) is 7.11 Å². The average Bonchev–Trinajstić information content (AvgIpc) is 2.82. The number of piperidine rings is 1. The Morgan fingerprint density at radius 1 is 1.06 bits per heavy atom. The average molecular weight is 433 g/mol. The molecular weight excluding hydrogens is 404 g/mol. The van der Waals surface area contributed by atoms with E-state index in [0.717, 1.165) is 38.2 Å². The minimum atomic E-state index is -0.313. The Morgan fingerprint density at radius 3 is 2.59 bits per heavy atom. The van der Waals surface area contributed by atoms with E-state index in [1.54, 1.807) is 37.4 Å². The van der Waals surface area contributed by atoms with E-state index < -0.39 is 0 Å². The lowest BCUT2D eigenvalue weighted by molar-refractivity contribution is -0.117. The molecule has 7 heteroatoms. The maximum atomic E-state index is 12.5. The van der Waals surface area contributed by atoms with E-state index in [1.165, 1.54) is 16.3 Å². The molecule has 1 N–H and O–H groups in total. The van der Waals surface area contributed by atoms with Gasteiger partial charge in [0.25, 0.3) is 5.56 Å². The standard InChI is InChI=1S/C25H28N4O3/c1-32-22-9-5-8-21(17-22)26-24(30)18-29-25(31)11-10-23(27-29)28-14-12-20(13-15-28)16-19-6-3-2-4-7-19/h2-11,17,20H,12-16,18H2,1H3,(H,26,30). The summed E-state index contributed by atoms with van der Waals surface area (Å²) in [5, 5.41) is 7.25. The lowest BCUT2D eigenvalue weighted by atomic mass is 9.90. The second kappa shape index (κ2) is 10.1. The number of methoxy groups -OCH3 is 1. The number of rotatable bonds is 7. The molecule has 1 amide bonds. The van der Waals surface area contributed by atoms with Crippen LogP contribution >= 0.6 is 0 Å². The molecule has 0 atom stereocenters. The van der Waals surface area contributed by atoms with Crippen molar-refractivity contribution in [3.8, 4) is 5.75 Å². The molecule has 2 heterocycles. The Kier molecular flexibility index (Phi) is 6.84. The van der Waals surface area contributed by atoms with Crippen LogP contribution in [-0.4, -0.2) is 35.9 Å². The Labute approximate surface area is 187 Å². The van der Waals surface area contributed by atoms with Gasteiger partial charge in [-0.1, -0.05) is 36.4 Å². The van der Waals surface area contributed by atoms with Crippen molar-refractivity contribution in [2.75, 3.05) is 30.4 Å². The maximum Gasteiger partial charge on any atom is 0.267 e. The molecule has 32 heavy (non-hydrogen) atoms. The summed E-state index contributed by atoms with van der Waals surface area (Å²) in [5.74, 6) is 1.72. The largest absolute Gasteiger partial charge is 0.497 e. The van der Waals surface area contributed by atoms with Gasteiger partial charge in [0, 0.05) is 30.9 Å². The first-order valence-corrected chi connectivity index (χ1v) is 10.9. The monoisotopic (exact) mass is 432 g/mol. The quantitative estimate of drug-likeness (QED) is 0.620. The summed E-state index contributed by atoms with van der Waals surface area (Å²) >= 11 is 0. The van der Waals surface area contributed by atoms with Crippen molar-refractivity contribution in [2.45, 2.75) is 25.8 Å². The highest BCUT2D eigenvalue weighted by Crippen LogP contribution is 2.24. The minimum Gasteiger partial charge on any atom is -0.497 e. The summed E-state index contributed by atoms with van der Waals surface area (Å²) in [5.41, 5.74) is 1.69. The van der Waals surface area contributed by atoms with E-state index >= 15 is 0 Å². The summed E-state index contributed by atoms with van der Waals surface area (Å²) in [6, 6.07) is 20.9. The molecule has 1 aromatic heterocycles. The fourth-order valence-electron chi connectivity index (χ4n) is 4.07. The summed E-state index contributed by atoms with van der Waals surface area (Å²) in [6.45, 7) is 1.63. The second-order valence-corrected chi connectivity index (χ2v) is 8.09. The van der Waals surface area contributed by atoms with Crippen LogP contribution in [0.25, 0.3) is 0 Å². The highest BCUT2D eigenvalue weighted by atomic mass is 16.5. The highest BCUT2D eigenvalue weighted by Gasteiger charge is 2.21. The lowest BCUT2D eigenvalue weighted by Crippen LogP contribution is -2.37. The third-order valence-electron chi connectivity index (χ3n) is 5.81. The summed E-state index contributed by atoms with van der Waals surface area (Å²) in [6.07, 6.45) is 3.24. The molecular formula is C25H28N4O3. The number of carbonyl (C=O) groups is 1. The second-order valence-electron chi connectivity index (χ2n) is 8.09. The number of nitrogens with one attached hydrogen (secondary N) is 1. The SMILES string of the molecule is COc1cccc(NC(=O)Cn2nc(N3CCC(Cc4ccccc4)CC3)ccc2=O)c1. The van der Waals surface area contributed by atoms with Crippen LogP contribution in [0.5, 0.6) is 5.75 Å². The van der Waals surface area contributed by atoms with Crippen molar-refractivity contribution in [1.82, 2.24) is 9.78 Å². The predicted molar refractivity (Wildman–Crippen MR) is 125 cm³/mol. The summed E-state index contributed by atoms with van der Waals surface area (Å²) < 4.78 is 6.40. The molecule has 1 fully saturated rings. The molecule has 1 aliphatic heterocycles.